The number of carbonyl (C=O) groups is 1. The maximum Gasteiger partial charge on any atom is 0.410 e. The average Bonchev–Trinajstić information content (AvgIpc) is 2.78. The minimum absolute atomic E-state index is 0.0187. The van der Waals surface area contributed by atoms with Gasteiger partial charge in [-0.1, -0.05) is 35.3 Å². The normalized spacial score (nSPS) is 18.6. The molecule has 2 aromatic carbocycles. The number of hydrogen-bond donors (Lipinski definition) is 0. The molecule has 0 spiro atoms. The van der Waals surface area contributed by atoms with Gasteiger partial charge in [-0.3, -0.25) is 4.18 Å². The fourth-order valence-corrected chi connectivity index (χ4v) is 4.90. The van der Waals surface area contributed by atoms with E-state index in [1.165, 1.54) is 4.90 Å². The fraction of sp³-hybridized carbons (Fsp3) is 0.480. The minimum Gasteiger partial charge on any atom is -0.497 e. The summed E-state index contributed by atoms with van der Waals surface area (Å²) in [6, 6.07) is 10.7. The predicted molar refractivity (Wildman–Crippen MR) is 139 cm³/mol. The first-order chi connectivity index (χ1) is 16.8. The molecule has 2 atom stereocenters. The number of benzene rings is 2. The van der Waals surface area contributed by atoms with Crippen molar-refractivity contribution in [2.45, 2.75) is 51.4 Å². The summed E-state index contributed by atoms with van der Waals surface area (Å²) < 4.78 is 46.4. The largest absolute Gasteiger partial charge is 0.497 e. The number of halogens is 2. The molecule has 0 aliphatic carbocycles. The molecule has 0 saturated carbocycles. The molecule has 36 heavy (non-hydrogen) atoms. The smallest absolute Gasteiger partial charge is 0.410 e. The molecule has 0 radical (unpaired) electrons. The van der Waals surface area contributed by atoms with Crippen molar-refractivity contribution in [3.63, 3.8) is 0 Å². The van der Waals surface area contributed by atoms with E-state index in [9.17, 15) is 13.2 Å². The average molecular weight is 560 g/mol. The molecular formula is C25H31Cl2NO7S. The van der Waals surface area contributed by atoms with Crippen molar-refractivity contribution in [2.75, 3.05) is 26.5 Å². The first-order valence-electron chi connectivity index (χ1n) is 11.4. The molecule has 2 aromatic rings. The Bertz CT molecular complexity index is 1180. The summed E-state index contributed by atoms with van der Waals surface area (Å²) >= 11 is 12.6. The van der Waals surface area contributed by atoms with Crippen LogP contribution in [0.15, 0.2) is 36.4 Å². The van der Waals surface area contributed by atoms with Gasteiger partial charge < -0.3 is 19.1 Å². The van der Waals surface area contributed by atoms with E-state index in [1.54, 1.807) is 40.0 Å². The number of rotatable bonds is 7. The third-order valence-electron chi connectivity index (χ3n) is 5.51. The Kier molecular flexibility index (Phi) is 9.03. The zero-order valence-corrected chi connectivity index (χ0v) is 23.2. The quantitative estimate of drug-likeness (QED) is 0.404. The van der Waals surface area contributed by atoms with Crippen LogP contribution in [-0.2, 0) is 25.6 Å². The van der Waals surface area contributed by atoms with Gasteiger partial charge in [0.25, 0.3) is 10.1 Å². The summed E-state index contributed by atoms with van der Waals surface area (Å²) in [6.07, 6.45) is -0.0297. The molecule has 198 valence electrons. The predicted octanol–water partition coefficient (Wildman–Crippen LogP) is 5.65. The van der Waals surface area contributed by atoms with Crippen LogP contribution in [0.1, 0.15) is 44.2 Å². The zero-order chi connectivity index (χ0) is 26.7. The standard InChI is InChI=1S/C25H31Cl2NO7S/c1-25(2,3)34-24(29)28-11-10-18(23(14-28)35-36(5,30)31)19-12-20(26)21(27)13-22(19)33-15-16-6-8-17(32-4)9-7-16/h6-9,12-13,18,23H,10-11,14-15H2,1-5H3. The van der Waals surface area contributed by atoms with Crippen LogP contribution in [0.2, 0.25) is 10.0 Å². The number of nitrogens with zero attached hydrogens (tertiary/aromatic N) is 1. The Balaban J connectivity index is 1.89. The van der Waals surface area contributed by atoms with Gasteiger partial charge in [-0.05, 0) is 51.0 Å². The van der Waals surface area contributed by atoms with Crippen LogP contribution in [0.3, 0.4) is 0 Å². The van der Waals surface area contributed by atoms with Gasteiger partial charge in [0.05, 0.1) is 30.0 Å². The van der Waals surface area contributed by atoms with Crippen molar-refractivity contribution in [3.8, 4) is 11.5 Å². The lowest BCUT2D eigenvalue weighted by molar-refractivity contribution is 0.00417. The van der Waals surface area contributed by atoms with Crippen molar-refractivity contribution in [3.05, 3.63) is 57.6 Å². The molecule has 2 unspecified atom stereocenters. The maximum absolute atomic E-state index is 12.7. The van der Waals surface area contributed by atoms with Crippen molar-refractivity contribution in [2.24, 2.45) is 0 Å². The van der Waals surface area contributed by atoms with Crippen LogP contribution >= 0.6 is 23.2 Å². The molecule has 1 aliphatic rings. The molecule has 1 aliphatic heterocycles. The SMILES string of the molecule is COc1ccc(COc2cc(Cl)c(Cl)cc2C2CCN(C(=O)OC(C)(C)C)CC2OS(C)(=O)=O)cc1. The number of piperidine rings is 1. The third-order valence-corrected chi connectivity index (χ3v) is 6.83. The van der Waals surface area contributed by atoms with Crippen molar-refractivity contribution >= 4 is 39.4 Å². The van der Waals surface area contributed by atoms with Gasteiger partial charge in [0.2, 0.25) is 0 Å². The van der Waals surface area contributed by atoms with E-state index in [-0.39, 0.29) is 13.2 Å². The van der Waals surface area contributed by atoms with Crippen molar-refractivity contribution < 1.29 is 31.6 Å². The highest BCUT2D eigenvalue weighted by molar-refractivity contribution is 7.86. The summed E-state index contributed by atoms with van der Waals surface area (Å²) in [4.78, 5) is 14.1. The van der Waals surface area contributed by atoms with Crippen molar-refractivity contribution in [1.29, 1.82) is 0 Å². The number of carbonyl (C=O) groups excluding carboxylic acids is 1. The summed E-state index contributed by atoms with van der Waals surface area (Å²) in [7, 11) is -2.24. The van der Waals surface area contributed by atoms with E-state index in [0.717, 1.165) is 17.6 Å². The Labute approximate surface area is 222 Å². The molecule has 1 fully saturated rings. The van der Waals surface area contributed by atoms with E-state index in [4.69, 9.17) is 41.6 Å². The maximum atomic E-state index is 12.7. The number of ether oxygens (including phenoxy) is 3. The first-order valence-corrected chi connectivity index (χ1v) is 13.9. The molecule has 1 heterocycles. The Morgan fingerprint density at radius 1 is 1.11 bits per heavy atom. The monoisotopic (exact) mass is 559 g/mol. The van der Waals surface area contributed by atoms with Gasteiger partial charge in [0.1, 0.15) is 29.8 Å². The lowest BCUT2D eigenvalue weighted by atomic mass is 9.86. The number of hydrogen-bond acceptors (Lipinski definition) is 7. The zero-order valence-electron chi connectivity index (χ0n) is 20.9. The molecule has 11 heteroatoms. The summed E-state index contributed by atoms with van der Waals surface area (Å²) in [5, 5.41) is 0.605. The Morgan fingerprint density at radius 3 is 2.33 bits per heavy atom. The Morgan fingerprint density at radius 2 is 1.75 bits per heavy atom. The van der Waals surface area contributed by atoms with E-state index in [1.807, 2.05) is 24.3 Å². The highest BCUT2D eigenvalue weighted by Crippen LogP contribution is 2.41. The molecule has 0 N–H and O–H groups in total. The lowest BCUT2D eigenvalue weighted by Crippen LogP contribution is -2.49. The summed E-state index contributed by atoms with van der Waals surface area (Å²) in [5.74, 6) is 0.753. The molecule has 0 aromatic heterocycles. The van der Waals surface area contributed by atoms with E-state index >= 15 is 0 Å². The molecule has 1 saturated heterocycles. The van der Waals surface area contributed by atoms with Gasteiger partial charge in [0.15, 0.2) is 0 Å². The lowest BCUT2D eigenvalue weighted by Gasteiger charge is -2.38. The summed E-state index contributed by atoms with van der Waals surface area (Å²) in [5.41, 5.74) is 0.861. The summed E-state index contributed by atoms with van der Waals surface area (Å²) in [6.45, 7) is 5.90. The van der Waals surface area contributed by atoms with Crippen LogP contribution in [0.5, 0.6) is 11.5 Å². The number of amides is 1. The molecule has 8 nitrogen and oxygen atoms in total. The second-order valence-corrected chi connectivity index (χ2v) is 12.0. The van der Waals surface area contributed by atoms with Gasteiger partial charge in [-0.15, -0.1) is 0 Å². The van der Waals surface area contributed by atoms with Gasteiger partial charge in [0, 0.05) is 24.1 Å². The van der Waals surface area contributed by atoms with E-state index < -0.39 is 33.8 Å². The fourth-order valence-electron chi connectivity index (χ4n) is 3.93. The van der Waals surface area contributed by atoms with E-state index in [0.29, 0.717) is 34.3 Å². The van der Waals surface area contributed by atoms with E-state index in [2.05, 4.69) is 0 Å². The van der Waals surface area contributed by atoms with Gasteiger partial charge in [-0.25, -0.2) is 4.79 Å². The highest BCUT2D eigenvalue weighted by atomic mass is 35.5. The third kappa shape index (κ3) is 7.90. The van der Waals surface area contributed by atoms with Gasteiger partial charge in [-0.2, -0.15) is 8.42 Å². The minimum atomic E-state index is -3.83. The number of likely N-dealkylation sites (tertiary alicyclic amines) is 1. The van der Waals surface area contributed by atoms with Crippen LogP contribution in [0, 0.1) is 0 Å². The molecule has 0 bridgehead atoms. The second kappa shape index (κ2) is 11.5. The number of methoxy groups -OCH3 is 1. The highest BCUT2D eigenvalue weighted by Gasteiger charge is 2.38. The van der Waals surface area contributed by atoms with Crippen LogP contribution in [-0.4, -0.2) is 57.6 Å². The Hall–Kier alpha value is -2.20. The van der Waals surface area contributed by atoms with Crippen molar-refractivity contribution in [1.82, 2.24) is 4.90 Å². The molecule has 3 rings (SSSR count). The first kappa shape index (κ1) is 28.4. The van der Waals surface area contributed by atoms with Gasteiger partial charge >= 0.3 is 6.09 Å². The molecular weight excluding hydrogens is 529 g/mol. The van der Waals surface area contributed by atoms with Crippen LogP contribution < -0.4 is 9.47 Å². The van der Waals surface area contributed by atoms with Crippen LogP contribution in [0.4, 0.5) is 4.79 Å². The van der Waals surface area contributed by atoms with Crippen LogP contribution in [0.25, 0.3) is 0 Å². The second-order valence-electron chi connectivity index (χ2n) is 9.60. The molecule has 1 amide bonds. The topological polar surface area (TPSA) is 91.4 Å².